The molecule has 1 atom stereocenters. The summed E-state index contributed by atoms with van der Waals surface area (Å²) in [6, 6.07) is 10.2. The second-order valence-electron chi connectivity index (χ2n) is 3.16. The van der Waals surface area contributed by atoms with Gasteiger partial charge in [-0.1, -0.05) is 37.3 Å². The minimum atomic E-state index is 0. The lowest BCUT2D eigenvalue weighted by atomic mass is 10.0. The topological polar surface area (TPSA) is 33.1 Å². The molecule has 0 unspecified atom stereocenters. The van der Waals surface area contributed by atoms with Crippen LogP contribution in [0.15, 0.2) is 30.3 Å². The maximum absolute atomic E-state index is 7.47. The zero-order valence-electron chi connectivity index (χ0n) is 8.49. The fraction of sp³-hybridized carbons (Fsp3) is 0.364. The summed E-state index contributed by atoms with van der Waals surface area (Å²) in [6.45, 7) is 2.00. The van der Waals surface area contributed by atoms with Gasteiger partial charge < -0.3 is 4.74 Å². The van der Waals surface area contributed by atoms with E-state index in [0.29, 0.717) is 5.90 Å². The van der Waals surface area contributed by atoms with Crippen LogP contribution in [0.3, 0.4) is 0 Å². The molecule has 0 bridgehead atoms. The third kappa shape index (κ3) is 3.79. The smallest absolute Gasteiger partial charge is 0.183 e. The van der Waals surface area contributed by atoms with Crippen molar-refractivity contribution in [1.29, 1.82) is 5.41 Å². The van der Waals surface area contributed by atoms with E-state index in [1.807, 2.05) is 25.1 Å². The van der Waals surface area contributed by atoms with Gasteiger partial charge in [0.05, 0.1) is 7.11 Å². The summed E-state index contributed by atoms with van der Waals surface area (Å²) in [5, 5.41) is 7.47. The van der Waals surface area contributed by atoms with Crippen LogP contribution in [0.5, 0.6) is 0 Å². The molecule has 0 amide bonds. The highest BCUT2D eigenvalue weighted by Crippen LogP contribution is 2.09. The predicted octanol–water partition coefficient (Wildman–Crippen LogP) is 2.91. The first-order valence-corrected chi connectivity index (χ1v) is 4.40. The lowest BCUT2D eigenvalue weighted by Crippen LogP contribution is -2.14. The molecular weight excluding hydrogens is 198 g/mol. The van der Waals surface area contributed by atoms with Crippen LogP contribution in [-0.2, 0) is 11.2 Å². The number of halogens is 1. The van der Waals surface area contributed by atoms with Gasteiger partial charge in [-0.15, -0.1) is 12.4 Å². The molecule has 0 heterocycles. The van der Waals surface area contributed by atoms with Gasteiger partial charge in [0.25, 0.3) is 0 Å². The highest BCUT2D eigenvalue weighted by atomic mass is 35.5. The summed E-state index contributed by atoms with van der Waals surface area (Å²) >= 11 is 0. The largest absolute Gasteiger partial charge is 0.484 e. The number of hydrogen-bond donors (Lipinski definition) is 1. The van der Waals surface area contributed by atoms with Gasteiger partial charge in [-0.25, -0.2) is 0 Å². The molecule has 2 nitrogen and oxygen atoms in total. The van der Waals surface area contributed by atoms with E-state index in [1.54, 1.807) is 7.11 Å². The third-order valence-electron chi connectivity index (χ3n) is 2.05. The molecule has 0 aromatic heterocycles. The number of nitrogens with one attached hydrogen (secondary N) is 1. The molecule has 1 aromatic rings. The fourth-order valence-electron chi connectivity index (χ4n) is 1.26. The molecule has 1 aromatic carbocycles. The van der Waals surface area contributed by atoms with Crippen molar-refractivity contribution in [1.82, 2.24) is 0 Å². The van der Waals surface area contributed by atoms with E-state index < -0.39 is 0 Å². The lowest BCUT2D eigenvalue weighted by Gasteiger charge is -2.11. The van der Waals surface area contributed by atoms with Crippen LogP contribution in [-0.4, -0.2) is 13.0 Å². The van der Waals surface area contributed by atoms with Crippen molar-refractivity contribution in [2.24, 2.45) is 5.92 Å². The van der Waals surface area contributed by atoms with Gasteiger partial charge in [-0.3, -0.25) is 5.41 Å². The van der Waals surface area contributed by atoms with E-state index in [9.17, 15) is 0 Å². The van der Waals surface area contributed by atoms with Crippen LogP contribution in [0, 0.1) is 11.3 Å². The van der Waals surface area contributed by atoms with Crippen molar-refractivity contribution in [2.45, 2.75) is 13.3 Å². The van der Waals surface area contributed by atoms with E-state index in [2.05, 4.69) is 12.1 Å². The normalized spacial score (nSPS) is 11.3. The van der Waals surface area contributed by atoms with Crippen molar-refractivity contribution in [3.8, 4) is 0 Å². The van der Waals surface area contributed by atoms with Crippen molar-refractivity contribution >= 4 is 18.3 Å². The van der Waals surface area contributed by atoms with Crippen LogP contribution in [0.4, 0.5) is 0 Å². The maximum atomic E-state index is 7.47. The molecule has 0 saturated carbocycles. The average molecular weight is 214 g/mol. The van der Waals surface area contributed by atoms with Gasteiger partial charge in [0.1, 0.15) is 0 Å². The molecule has 14 heavy (non-hydrogen) atoms. The Morgan fingerprint density at radius 1 is 1.36 bits per heavy atom. The summed E-state index contributed by atoms with van der Waals surface area (Å²) in [4.78, 5) is 0. The van der Waals surface area contributed by atoms with E-state index in [0.717, 1.165) is 6.42 Å². The minimum absolute atomic E-state index is 0. The predicted molar refractivity (Wildman–Crippen MR) is 61.3 cm³/mol. The van der Waals surface area contributed by atoms with Crippen LogP contribution >= 0.6 is 12.4 Å². The first-order chi connectivity index (χ1) is 6.24. The van der Waals surface area contributed by atoms with Crippen molar-refractivity contribution in [2.75, 3.05) is 7.11 Å². The summed E-state index contributed by atoms with van der Waals surface area (Å²) in [5.74, 6) is 0.510. The number of hydrogen-bond acceptors (Lipinski definition) is 2. The zero-order chi connectivity index (χ0) is 9.68. The second kappa shape index (κ2) is 6.44. The third-order valence-corrected chi connectivity index (χ3v) is 2.05. The van der Waals surface area contributed by atoms with Gasteiger partial charge in [-0.2, -0.15) is 0 Å². The molecule has 1 rings (SSSR count). The Labute approximate surface area is 91.2 Å². The Bertz CT molecular complexity index is 274. The molecule has 3 heteroatoms. The molecule has 0 aliphatic heterocycles. The Kier molecular flexibility index (Phi) is 5.97. The molecule has 0 radical (unpaired) electrons. The molecular formula is C11H16ClNO. The number of rotatable bonds is 3. The van der Waals surface area contributed by atoms with E-state index in [-0.39, 0.29) is 18.3 Å². The molecule has 1 N–H and O–H groups in total. The number of ether oxygens (including phenoxy) is 1. The van der Waals surface area contributed by atoms with Gasteiger partial charge in [0.15, 0.2) is 5.90 Å². The van der Waals surface area contributed by atoms with Gasteiger partial charge in [0.2, 0.25) is 0 Å². The van der Waals surface area contributed by atoms with E-state index >= 15 is 0 Å². The number of methoxy groups -OCH3 is 1. The Morgan fingerprint density at radius 3 is 2.43 bits per heavy atom. The maximum Gasteiger partial charge on any atom is 0.183 e. The SMILES string of the molecule is COC(=N)[C@H](C)Cc1ccccc1.Cl. The highest BCUT2D eigenvalue weighted by Gasteiger charge is 2.09. The van der Waals surface area contributed by atoms with E-state index in [4.69, 9.17) is 10.1 Å². The Morgan fingerprint density at radius 2 is 1.93 bits per heavy atom. The summed E-state index contributed by atoms with van der Waals surface area (Å²) in [6.07, 6.45) is 0.869. The first kappa shape index (κ1) is 13.0. The number of benzene rings is 1. The van der Waals surface area contributed by atoms with Gasteiger partial charge in [-0.05, 0) is 12.0 Å². The van der Waals surface area contributed by atoms with Crippen LogP contribution in [0.1, 0.15) is 12.5 Å². The van der Waals surface area contributed by atoms with Crippen LogP contribution in [0.2, 0.25) is 0 Å². The summed E-state index contributed by atoms with van der Waals surface area (Å²) in [5.41, 5.74) is 1.25. The lowest BCUT2D eigenvalue weighted by molar-refractivity contribution is 0.365. The zero-order valence-corrected chi connectivity index (χ0v) is 9.30. The average Bonchev–Trinajstić information content (AvgIpc) is 2.18. The monoisotopic (exact) mass is 213 g/mol. The fourth-order valence-corrected chi connectivity index (χ4v) is 1.26. The Balaban J connectivity index is 0.00000169. The quantitative estimate of drug-likeness (QED) is 0.608. The molecule has 0 spiro atoms. The van der Waals surface area contributed by atoms with Crippen LogP contribution < -0.4 is 0 Å². The molecule has 0 aliphatic carbocycles. The molecule has 0 fully saturated rings. The highest BCUT2D eigenvalue weighted by molar-refractivity contribution is 5.85. The minimum Gasteiger partial charge on any atom is -0.484 e. The van der Waals surface area contributed by atoms with Crippen LogP contribution in [0.25, 0.3) is 0 Å². The van der Waals surface area contributed by atoms with Gasteiger partial charge >= 0.3 is 0 Å². The summed E-state index contributed by atoms with van der Waals surface area (Å²) < 4.78 is 4.87. The van der Waals surface area contributed by atoms with Crippen molar-refractivity contribution in [3.63, 3.8) is 0 Å². The van der Waals surface area contributed by atoms with Gasteiger partial charge in [0, 0.05) is 5.92 Å². The first-order valence-electron chi connectivity index (χ1n) is 4.40. The van der Waals surface area contributed by atoms with Crippen molar-refractivity contribution < 1.29 is 4.74 Å². The van der Waals surface area contributed by atoms with E-state index in [1.165, 1.54) is 5.56 Å². The molecule has 0 aliphatic rings. The second-order valence-corrected chi connectivity index (χ2v) is 3.16. The standard InChI is InChI=1S/C11H15NO.ClH/c1-9(11(12)13-2)8-10-6-4-3-5-7-10;/h3-7,9,12H,8H2,1-2H3;1H/t9-;/m1./s1. The Hall–Kier alpha value is -1.02. The van der Waals surface area contributed by atoms with Crippen molar-refractivity contribution in [3.05, 3.63) is 35.9 Å². The molecule has 78 valence electrons. The molecule has 0 saturated heterocycles. The summed E-state index contributed by atoms with van der Waals surface area (Å²) in [7, 11) is 1.55.